The zero-order chi connectivity index (χ0) is 29.2. The van der Waals surface area contributed by atoms with Gasteiger partial charge in [-0.15, -0.1) is 0 Å². The molecule has 3 heterocycles. The minimum absolute atomic E-state index is 0.0403. The third-order valence-corrected chi connectivity index (χ3v) is 9.27. The summed E-state index contributed by atoms with van der Waals surface area (Å²) in [6.45, 7) is 9.22. The molecule has 1 N–H and O–H groups in total. The van der Waals surface area contributed by atoms with Crippen LogP contribution in [-0.2, 0) is 24.3 Å². The molecule has 3 aliphatic heterocycles. The maximum atomic E-state index is 15.1. The average Bonchev–Trinajstić information content (AvgIpc) is 3.32. The number of carbonyl (C=O) groups is 2. The minimum Gasteiger partial charge on any atom is -0.381 e. The van der Waals surface area contributed by atoms with Crippen molar-refractivity contribution < 1.29 is 27.1 Å². The van der Waals surface area contributed by atoms with E-state index in [9.17, 15) is 18.0 Å². The molecule has 0 spiro atoms. The Kier molecular flexibility index (Phi) is 10.1. The van der Waals surface area contributed by atoms with Gasteiger partial charge in [0, 0.05) is 69.0 Å². The van der Waals surface area contributed by atoms with E-state index in [1.54, 1.807) is 17.0 Å². The first-order chi connectivity index (χ1) is 18.8. The van der Waals surface area contributed by atoms with Crippen molar-refractivity contribution in [3.63, 3.8) is 0 Å². The third kappa shape index (κ3) is 7.53. The molecule has 3 aliphatic rings. The summed E-state index contributed by atoms with van der Waals surface area (Å²) < 4.78 is 47.0. The molecule has 1 aromatic rings. The molecule has 1 aromatic carbocycles. The van der Waals surface area contributed by atoms with Gasteiger partial charge in [0.1, 0.15) is 11.9 Å². The molecule has 12 heteroatoms. The van der Waals surface area contributed by atoms with Crippen molar-refractivity contribution in [3.05, 3.63) is 34.6 Å². The van der Waals surface area contributed by atoms with Crippen LogP contribution in [0, 0.1) is 17.7 Å². The SMILES string of the molecule is CC(C)C[C@H](NS(C)(=O)=O)C(=O)N1CCN(C(=O)[C@@H]2CN(C3CCOCC3)C[C@H]2c2ccc(Cl)cc2F)[C@@H](C)C1. The summed E-state index contributed by atoms with van der Waals surface area (Å²) in [5.74, 6) is -1.33. The fraction of sp³-hybridized carbons (Fsp3) is 0.714. The molecule has 3 saturated heterocycles. The van der Waals surface area contributed by atoms with Gasteiger partial charge in [0.15, 0.2) is 0 Å². The Morgan fingerprint density at radius 1 is 1.15 bits per heavy atom. The first kappa shape index (κ1) is 31.2. The lowest BCUT2D eigenvalue weighted by molar-refractivity contribution is -0.146. The van der Waals surface area contributed by atoms with Gasteiger partial charge in [0.2, 0.25) is 21.8 Å². The summed E-state index contributed by atoms with van der Waals surface area (Å²) in [4.78, 5) is 33.2. The molecular weight excluding hydrogens is 559 g/mol. The van der Waals surface area contributed by atoms with Crippen molar-refractivity contribution in [2.45, 2.75) is 64.1 Å². The Balaban J connectivity index is 1.50. The largest absolute Gasteiger partial charge is 0.381 e. The average molecular weight is 601 g/mol. The highest BCUT2D eigenvalue weighted by Crippen LogP contribution is 2.38. The number of hydrogen-bond donors (Lipinski definition) is 1. The van der Waals surface area contributed by atoms with E-state index in [1.807, 2.05) is 25.7 Å². The van der Waals surface area contributed by atoms with Crippen LogP contribution in [0.1, 0.15) is 51.5 Å². The predicted molar refractivity (Wildman–Crippen MR) is 152 cm³/mol. The van der Waals surface area contributed by atoms with Gasteiger partial charge >= 0.3 is 0 Å². The van der Waals surface area contributed by atoms with Crippen molar-refractivity contribution >= 4 is 33.4 Å². The third-order valence-electron chi connectivity index (χ3n) is 8.32. The number of hydrogen-bond acceptors (Lipinski definition) is 6. The monoisotopic (exact) mass is 600 g/mol. The van der Waals surface area contributed by atoms with Gasteiger partial charge in [-0.2, -0.15) is 0 Å². The Hall–Kier alpha value is -1.79. The smallest absolute Gasteiger partial charge is 0.240 e. The van der Waals surface area contributed by atoms with Gasteiger partial charge in [-0.25, -0.2) is 17.5 Å². The number of likely N-dealkylation sites (tertiary alicyclic amines) is 1. The van der Waals surface area contributed by atoms with E-state index < -0.39 is 27.8 Å². The van der Waals surface area contributed by atoms with E-state index in [-0.39, 0.29) is 35.7 Å². The topological polar surface area (TPSA) is 99.3 Å². The zero-order valence-electron chi connectivity index (χ0n) is 23.8. The van der Waals surface area contributed by atoms with E-state index in [0.29, 0.717) is 62.9 Å². The maximum Gasteiger partial charge on any atom is 0.240 e. The van der Waals surface area contributed by atoms with Crippen LogP contribution in [-0.4, -0.2) is 105 Å². The second kappa shape index (κ2) is 13.0. The van der Waals surface area contributed by atoms with Crippen LogP contribution in [0.2, 0.25) is 5.02 Å². The van der Waals surface area contributed by atoms with Crippen LogP contribution in [0.4, 0.5) is 4.39 Å². The molecule has 4 rings (SSSR count). The van der Waals surface area contributed by atoms with Gasteiger partial charge in [0.25, 0.3) is 0 Å². The number of sulfonamides is 1. The molecular formula is C28H42ClFN4O5S. The number of ether oxygens (including phenoxy) is 1. The van der Waals surface area contributed by atoms with E-state index >= 15 is 4.39 Å². The second-order valence-electron chi connectivity index (χ2n) is 11.9. The van der Waals surface area contributed by atoms with Crippen LogP contribution < -0.4 is 4.72 Å². The normalized spacial score (nSPS) is 25.9. The summed E-state index contributed by atoms with van der Waals surface area (Å²) in [5, 5.41) is 0.318. The Morgan fingerprint density at radius 3 is 2.45 bits per heavy atom. The molecule has 9 nitrogen and oxygen atoms in total. The van der Waals surface area contributed by atoms with Crippen LogP contribution in [0.25, 0.3) is 0 Å². The Labute approximate surface area is 242 Å². The summed E-state index contributed by atoms with van der Waals surface area (Å²) in [6, 6.07) is 3.85. The van der Waals surface area contributed by atoms with Crippen molar-refractivity contribution in [1.82, 2.24) is 19.4 Å². The van der Waals surface area contributed by atoms with Crippen molar-refractivity contribution in [2.24, 2.45) is 11.8 Å². The first-order valence-corrected chi connectivity index (χ1v) is 16.4. The van der Waals surface area contributed by atoms with E-state index in [1.165, 1.54) is 6.07 Å². The predicted octanol–water partition coefficient (Wildman–Crippen LogP) is 2.70. The summed E-state index contributed by atoms with van der Waals surface area (Å²) in [7, 11) is -3.57. The zero-order valence-corrected chi connectivity index (χ0v) is 25.4. The minimum atomic E-state index is -3.57. The fourth-order valence-electron chi connectivity index (χ4n) is 6.40. The van der Waals surface area contributed by atoms with Crippen molar-refractivity contribution in [2.75, 3.05) is 52.2 Å². The first-order valence-electron chi connectivity index (χ1n) is 14.2. The van der Waals surface area contributed by atoms with Crippen molar-refractivity contribution in [3.8, 4) is 0 Å². The van der Waals surface area contributed by atoms with Gasteiger partial charge < -0.3 is 14.5 Å². The van der Waals surface area contributed by atoms with Gasteiger partial charge in [-0.1, -0.05) is 31.5 Å². The molecule has 40 heavy (non-hydrogen) atoms. The van der Waals surface area contributed by atoms with E-state index in [2.05, 4.69) is 9.62 Å². The molecule has 4 atom stereocenters. The van der Waals surface area contributed by atoms with Crippen LogP contribution in [0.15, 0.2) is 18.2 Å². The number of amides is 2. The molecule has 224 valence electrons. The molecule has 0 saturated carbocycles. The fourth-order valence-corrected chi connectivity index (χ4v) is 7.27. The van der Waals surface area contributed by atoms with Gasteiger partial charge in [0.05, 0.1) is 12.2 Å². The lowest BCUT2D eigenvalue weighted by atomic mass is 9.87. The highest BCUT2D eigenvalue weighted by Gasteiger charge is 2.45. The molecule has 0 bridgehead atoms. The maximum absolute atomic E-state index is 15.1. The van der Waals surface area contributed by atoms with Crippen LogP contribution in [0.5, 0.6) is 0 Å². The highest BCUT2D eigenvalue weighted by molar-refractivity contribution is 7.88. The van der Waals surface area contributed by atoms with Crippen LogP contribution in [0.3, 0.4) is 0 Å². The number of rotatable bonds is 8. The lowest BCUT2D eigenvalue weighted by Gasteiger charge is -2.42. The Bertz CT molecular complexity index is 1180. The summed E-state index contributed by atoms with van der Waals surface area (Å²) >= 11 is 6.03. The lowest BCUT2D eigenvalue weighted by Crippen LogP contribution is -2.60. The Morgan fingerprint density at radius 2 is 1.85 bits per heavy atom. The van der Waals surface area contributed by atoms with E-state index in [4.69, 9.17) is 16.3 Å². The molecule has 0 aromatic heterocycles. The standard InChI is InChI=1S/C28H42ClFN4O5S/c1-18(2)13-26(31-40(4,37)38)28(36)32-9-10-34(19(3)15-32)27(35)24-17-33(21-7-11-39-12-8-21)16-23(24)22-6-5-20(29)14-25(22)30/h5-6,14,18-19,21,23-24,26,31H,7-13,15-17H2,1-4H3/t19-,23-,24+,26-/m0/s1. The summed E-state index contributed by atoms with van der Waals surface area (Å²) in [6.07, 6.45) is 3.20. The number of nitrogens with one attached hydrogen (secondary N) is 1. The van der Waals surface area contributed by atoms with Gasteiger partial charge in [-0.05, 0) is 49.8 Å². The molecule has 0 radical (unpaired) electrons. The van der Waals surface area contributed by atoms with Crippen LogP contribution >= 0.6 is 11.6 Å². The molecule has 0 unspecified atom stereocenters. The second-order valence-corrected chi connectivity index (χ2v) is 14.1. The molecule has 0 aliphatic carbocycles. The molecule has 3 fully saturated rings. The number of halogens is 2. The van der Waals surface area contributed by atoms with E-state index in [0.717, 1.165) is 19.1 Å². The summed E-state index contributed by atoms with van der Waals surface area (Å²) in [5.41, 5.74) is 0.502. The van der Waals surface area contributed by atoms with Gasteiger partial charge in [-0.3, -0.25) is 14.5 Å². The highest BCUT2D eigenvalue weighted by atomic mass is 35.5. The molecule has 2 amide bonds. The number of piperazine rings is 1. The number of nitrogens with zero attached hydrogens (tertiary/aromatic N) is 3. The van der Waals surface area contributed by atoms with Crippen molar-refractivity contribution in [1.29, 1.82) is 0 Å². The quantitative estimate of drug-likeness (QED) is 0.493. The number of benzene rings is 1. The number of carbonyl (C=O) groups excluding carboxylic acids is 2.